The monoisotopic (exact) mass is 251 g/mol. The molecule has 4 nitrogen and oxygen atoms in total. The van der Waals surface area contributed by atoms with Gasteiger partial charge in [-0.2, -0.15) is 5.10 Å². The Morgan fingerprint density at radius 2 is 2.29 bits per heavy atom. The van der Waals surface area contributed by atoms with Crippen molar-refractivity contribution in [3.63, 3.8) is 0 Å². The first kappa shape index (κ1) is 11.0. The third kappa shape index (κ3) is 1.72. The van der Waals surface area contributed by atoms with Gasteiger partial charge >= 0.3 is 0 Å². The molecule has 90 valence electrons. The summed E-state index contributed by atoms with van der Waals surface area (Å²) < 4.78 is 7.32. The minimum atomic E-state index is 0.105. The third-order valence-electron chi connectivity index (χ3n) is 3.29. The number of hydrogen-bond donors (Lipinski definition) is 0. The van der Waals surface area contributed by atoms with E-state index in [1.165, 1.54) is 0 Å². The second kappa shape index (κ2) is 3.96. The molecular weight excluding hydrogens is 238 g/mol. The normalized spacial score (nSPS) is 20.3. The van der Waals surface area contributed by atoms with Gasteiger partial charge in [-0.15, -0.1) is 0 Å². The molecule has 1 aliphatic rings. The summed E-state index contributed by atoms with van der Waals surface area (Å²) in [5.41, 5.74) is 3.65. The summed E-state index contributed by atoms with van der Waals surface area (Å²) in [6.45, 7) is 4.73. The molecule has 3 heterocycles. The smallest absolute Gasteiger partial charge is 0.157 e. The van der Waals surface area contributed by atoms with Crippen molar-refractivity contribution in [2.24, 2.45) is 0 Å². The number of rotatable bonds is 1. The minimum absolute atomic E-state index is 0.105. The summed E-state index contributed by atoms with van der Waals surface area (Å²) in [5.74, 6) is 0. The molecule has 2 aromatic heterocycles. The molecular formula is C12H14ClN3O. The number of aryl methyl sites for hydroxylation is 1. The molecule has 0 saturated carbocycles. The Balaban J connectivity index is 2.15. The molecule has 1 aliphatic heterocycles. The first-order valence-corrected chi connectivity index (χ1v) is 6.18. The standard InChI is InChI=1S/C12H14ClN3O/c1-7-8(2)14-11-6-9(10-4-3-5-17-10)15-16(11)12(7)13/h6,10H,3-5H2,1-2H3. The van der Waals surface area contributed by atoms with Gasteiger partial charge in [-0.1, -0.05) is 11.6 Å². The summed E-state index contributed by atoms with van der Waals surface area (Å²) in [7, 11) is 0. The van der Waals surface area contributed by atoms with E-state index in [1.807, 2.05) is 19.9 Å². The third-order valence-corrected chi connectivity index (χ3v) is 3.73. The van der Waals surface area contributed by atoms with Crippen molar-refractivity contribution >= 4 is 17.2 Å². The van der Waals surface area contributed by atoms with Crippen molar-refractivity contribution in [1.82, 2.24) is 14.6 Å². The van der Waals surface area contributed by atoms with Crippen molar-refractivity contribution in [3.05, 3.63) is 28.2 Å². The van der Waals surface area contributed by atoms with Crippen LogP contribution < -0.4 is 0 Å². The molecule has 5 heteroatoms. The lowest BCUT2D eigenvalue weighted by Crippen LogP contribution is -2.00. The van der Waals surface area contributed by atoms with E-state index in [-0.39, 0.29) is 6.10 Å². The van der Waals surface area contributed by atoms with Crippen molar-refractivity contribution in [3.8, 4) is 0 Å². The van der Waals surface area contributed by atoms with Gasteiger partial charge in [0.15, 0.2) is 5.65 Å². The van der Waals surface area contributed by atoms with Crippen molar-refractivity contribution in [1.29, 1.82) is 0 Å². The molecule has 0 radical (unpaired) electrons. The van der Waals surface area contributed by atoms with Crippen molar-refractivity contribution in [2.45, 2.75) is 32.8 Å². The van der Waals surface area contributed by atoms with Crippen LogP contribution in [0.2, 0.25) is 5.15 Å². The Hall–Kier alpha value is -1.13. The molecule has 0 aromatic carbocycles. The Kier molecular flexibility index (Phi) is 2.56. The van der Waals surface area contributed by atoms with Gasteiger partial charge in [0.05, 0.1) is 5.69 Å². The molecule has 1 fully saturated rings. The number of fused-ring (bicyclic) bond motifs is 1. The van der Waals surface area contributed by atoms with E-state index in [4.69, 9.17) is 16.3 Å². The molecule has 0 bridgehead atoms. The zero-order valence-corrected chi connectivity index (χ0v) is 10.7. The van der Waals surface area contributed by atoms with Gasteiger partial charge in [-0.25, -0.2) is 9.50 Å². The van der Waals surface area contributed by atoms with E-state index in [0.717, 1.165) is 42.0 Å². The average molecular weight is 252 g/mol. The lowest BCUT2D eigenvalue weighted by atomic mass is 10.2. The van der Waals surface area contributed by atoms with Crippen molar-refractivity contribution in [2.75, 3.05) is 6.61 Å². The topological polar surface area (TPSA) is 39.4 Å². The van der Waals surface area contributed by atoms with Crippen LogP contribution in [0.5, 0.6) is 0 Å². The molecule has 0 spiro atoms. The maximum atomic E-state index is 6.27. The summed E-state index contributed by atoms with van der Waals surface area (Å²) in [5, 5.41) is 5.13. The van der Waals surface area contributed by atoms with Gasteiger partial charge < -0.3 is 4.74 Å². The van der Waals surface area contributed by atoms with E-state index in [2.05, 4.69) is 10.1 Å². The fourth-order valence-electron chi connectivity index (χ4n) is 2.15. The molecule has 0 N–H and O–H groups in total. The van der Waals surface area contributed by atoms with E-state index >= 15 is 0 Å². The summed E-state index contributed by atoms with van der Waals surface area (Å²) >= 11 is 6.27. The van der Waals surface area contributed by atoms with Gasteiger partial charge in [0.1, 0.15) is 11.3 Å². The highest BCUT2D eigenvalue weighted by atomic mass is 35.5. The molecule has 1 atom stereocenters. The van der Waals surface area contributed by atoms with Gasteiger partial charge in [-0.05, 0) is 26.7 Å². The van der Waals surface area contributed by atoms with Crippen LogP contribution in [-0.4, -0.2) is 21.2 Å². The van der Waals surface area contributed by atoms with Gasteiger partial charge in [0.2, 0.25) is 0 Å². The van der Waals surface area contributed by atoms with E-state index in [1.54, 1.807) is 4.52 Å². The van der Waals surface area contributed by atoms with Gasteiger partial charge in [0, 0.05) is 23.9 Å². The first-order valence-electron chi connectivity index (χ1n) is 5.81. The van der Waals surface area contributed by atoms with Crippen LogP contribution >= 0.6 is 11.6 Å². The predicted octanol–water partition coefficient (Wildman–Crippen LogP) is 2.85. The van der Waals surface area contributed by atoms with Crippen LogP contribution in [0.4, 0.5) is 0 Å². The molecule has 2 aromatic rings. The van der Waals surface area contributed by atoms with Crippen LogP contribution in [0, 0.1) is 13.8 Å². The van der Waals surface area contributed by atoms with Crippen molar-refractivity contribution < 1.29 is 4.74 Å². The second-order valence-corrected chi connectivity index (χ2v) is 4.81. The van der Waals surface area contributed by atoms with Crippen LogP contribution in [0.1, 0.15) is 35.9 Å². The lowest BCUT2D eigenvalue weighted by molar-refractivity contribution is 0.108. The second-order valence-electron chi connectivity index (χ2n) is 4.45. The fraction of sp³-hybridized carbons (Fsp3) is 0.500. The van der Waals surface area contributed by atoms with E-state index < -0.39 is 0 Å². The molecule has 3 rings (SSSR count). The molecule has 1 unspecified atom stereocenters. The highest BCUT2D eigenvalue weighted by molar-refractivity contribution is 6.30. The largest absolute Gasteiger partial charge is 0.372 e. The van der Waals surface area contributed by atoms with Crippen LogP contribution in [0.25, 0.3) is 5.65 Å². The number of hydrogen-bond acceptors (Lipinski definition) is 3. The quantitative estimate of drug-likeness (QED) is 0.732. The van der Waals surface area contributed by atoms with Crippen LogP contribution in [0.3, 0.4) is 0 Å². The molecule has 0 amide bonds. The van der Waals surface area contributed by atoms with Gasteiger partial charge in [-0.3, -0.25) is 0 Å². The first-order chi connectivity index (χ1) is 8.16. The zero-order valence-electron chi connectivity index (χ0n) is 9.90. The zero-order chi connectivity index (χ0) is 12.0. The number of ether oxygens (including phenoxy) is 1. The number of nitrogens with zero attached hydrogens (tertiary/aromatic N) is 3. The minimum Gasteiger partial charge on any atom is -0.372 e. The predicted molar refractivity (Wildman–Crippen MR) is 65.4 cm³/mol. The number of halogens is 1. The summed E-state index contributed by atoms with van der Waals surface area (Å²) in [6, 6.07) is 1.97. The lowest BCUT2D eigenvalue weighted by Gasteiger charge is -2.04. The Morgan fingerprint density at radius 1 is 1.47 bits per heavy atom. The summed E-state index contributed by atoms with van der Waals surface area (Å²) in [4.78, 5) is 4.49. The highest BCUT2D eigenvalue weighted by Gasteiger charge is 2.22. The fourth-order valence-corrected chi connectivity index (χ4v) is 2.41. The SMILES string of the molecule is Cc1nc2cc(C3CCCO3)nn2c(Cl)c1C. The molecule has 1 saturated heterocycles. The Labute approximate surface area is 105 Å². The molecule has 0 aliphatic carbocycles. The Bertz CT molecular complexity index is 573. The maximum Gasteiger partial charge on any atom is 0.157 e. The maximum absolute atomic E-state index is 6.27. The summed E-state index contributed by atoms with van der Waals surface area (Å²) in [6.07, 6.45) is 2.23. The van der Waals surface area contributed by atoms with E-state index in [9.17, 15) is 0 Å². The van der Waals surface area contributed by atoms with Crippen LogP contribution in [0.15, 0.2) is 6.07 Å². The van der Waals surface area contributed by atoms with Gasteiger partial charge in [0.25, 0.3) is 0 Å². The van der Waals surface area contributed by atoms with Crippen LogP contribution in [-0.2, 0) is 4.74 Å². The molecule has 17 heavy (non-hydrogen) atoms. The average Bonchev–Trinajstić information content (AvgIpc) is 2.93. The van der Waals surface area contributed by atoms with E-state index in [0.29, 0.717) is 5.15 Å². The highest BCUT2D eigenvalue weighted by Crippen LogP contribution is 2.29. The Morgan fingerprint density at radius 3 is 3.00 bits per heavy atom. The number of aromatic nitrogens is 3.